The Hall–Kier alpha value is -3.14. The maximum Gasteiger partial charge on any atom is 0.416 e. The van der Waals surface area contributed by atoms with E-state index in [1.807, 2.05) is 6.07 Å². The number of carbonyl (C=O) groups excluding carboxylic acids is 1. The van der Waals surface area contributed by atoms with E-state index in [1.54, 1.807) is 23.6 Å². The van der Waals surface area contributed by atoms with Gasteiger partial charge in [-0.1, -0.05) is 6.07 Å². The molecule has 0 saturated heterocycles. The van der Waals surface area contributed by atoms with Crippen molar-refractivity contribution in [1.82, 2.24) is 19.9 Å². The number of hydrogen-bond donors (Lipinski definition) is 2. The predicted octanol–water partition coefficient (Wildman–Crippen LogP) is 3.14. The minimum absolute atomic E-state index is 0.0651. The fourth-order valence-corrected chi connectivity index (χ4v) is 2.52. The van der Waals surface area contributed by atoms with Gasteiger partial charge in [0.1, 0.15) is 0 Å². The largest absolute Gasteiger partial charge is 0.465 e. The van der Waals surface area contributed by atoms with Gasteiger partial charge in [-0.15, -0.1) is 5.10 Å². The number of aromatic nitrogens is 3. The molecule has 2 N–H and O–H groups in total. The van der Waals surface area contributed by atoms with Crippen molar-refractivity contribution in [3.05, 3.63) is 53.7 Å². The number of alkyl halides is 3. The summed E-state index contributed by atoms with van der Waals surface area (Å²) in [6.07, 6.45) is -4.38. The maximum absolute atomic E-state index is 12.6. The molecule has 0 bridgehead atoms. The maximum atomic E-state index is 12.6. The van der Waals surface area contributed by atoms with Gasteiger partial charge >= 0.3 is 12.1 Å². The van der Waals surface area contributed by atoms with E-state index in [4.69, 9.17) is 4.74 Å². The van der Waals surface area contributed by atoms with E-state index in [-0.39, 0.29) is 18.5 Å². The number of rotatable bonds is 7. The lowest BCUT2D eigenvalue weighted by molar-refractivity contribution is -0.142. The summed E-state index contributed by atoms with van der Waals surface area (Å²) in [7, 11) is 0. The Bertz CT molecular complexity index is 954. The highest BCUT2D eigenvalue weighted by molar-refractivity contribution is 5.71. The third-order valence-corrected chi connectivity index (χ3v) is 3.79. The van der Waals surface area contributed by atoms with Crippen LogP contribution in [0, 0.1) is 0 Å². The number of carbonyl (C=O) groups is 1. The summed E-state index contributed by atoms with van der Waals surface area (Å²) in [4.78, 5) is 15.7. The molecule has 10 heteroatoms. The molecule has 148 valence electrons. The first-order valence-electron chi connectivity index (χ1n) is 8.52. The second-order valence-corrected chi connectivity index (χ2v) is 5.83. The number of anilines is 2. The molecule has 0 atom stereocenters. The lowest BCUT2D eigenvalue weighted by atomic mass is 10.2. The minimum Gasteiger partial charge on any atom is -0.465 e. The summed E-state index contributed by atoms with van der Waals surface area (Å²) in [6.45, 7) is 2.48. The molecule has 0 unspecified atom stereocenters. The molecule has 0 radical (unpaired) electrons. The van der Waals surface area contributed by atoms with Crippen molar-refractivity contribution in [2.45, 2.75) is 19.6 Å². The summed E-state index contributed by atoms with van der Waals surface area (Å²) >= 11 is 0. The van der Waals surface area contributed by atoms with E-state index in [2.05, 4.69) is 20.7 Å². The first-order chi connectivity index (χ1) is 13.4. The lowest BCUT2D eigenvalue weighted by Crippen LogP contribution is -2.25. The van der Waals surface area contributed by atoms with Gasteiger partial charge in [-0.25, -0.2) is 4.52 Å². The zero-order valence-electron chi connectivity index (χ0n) is 15.0. The number of nitrogens with one attached hydrogen (secondary N) is 2. The molecule has 2 heterocycles. The van der Waals surface area contributed by atoms with Crippen LogP contribution in [-0.4, -0.2) is 33.7 Å². The average molecular weight is 393 g/mol. The van der Waals surface area contributed by atoms with Crippen LogP contribution in [0.3, 0.4) is 0 Å². The topological polar surface area (TPSA) is 80.5 Å². The molecule has 0 saturated carbocycles. The average Bonchev–Trinajstić information content (AvgIpc) is 3.05. The van der Waals surface area contributed by atoms with Crippen molar-refractivity contribution in [2.24, 2.45) is 0 Å². The number of benzene rings is 1. The number of fused-ring (bicyclic) bond motifs is 1. The van der Waals surface area contributed by atoms with Crippen LogP contribution in [0.1, 0.15) is 18.2 Å². The molecule has 0 aliphatic heterocycles. The Balaban J connectivity index is 1.71. The van der Waals surface area contributed by atoms with Crippen LogP contribution >= 0.6 is 0 Å². The van der Waals surface area contributed by atoms with E-state index in [9.17, 15) is 18.0 Å². The van der Waals surface area contributed by atoms with Gasteiger partial charge in [0.25, 0.3) is 0 Å². The van der Waals surface area contributed by atoms with Gasteiger partial charge in [0.2, 0.25) is 5.95 Å². The van der Waals surface area contributed by atoms with Crippen molar-refractivity contribution >= 4 is 23.3 Å². The SMILES string of the molecule is CCOC(=O)CNCc1cccc2nc(Nc3ccc(C(F)(F)F)cc3)nn12. The number of hydrogen-bond acceptors (Lipinski definition) is 6. The van der Waals surface area contributed by atoms with Crippen molar-refractivity contribution in [3.8, 4) is 0 Å². The molecule has 1 aromatic carbocycles. The van der Waals surface area contributed by atoms with Gasteiger partial charge in [-0.3, -0.25) is 4.79 Å². The van der Waals surface area contributed by atoms with Crippen molar-refractivity contribution in [3.63, 3.8) is 0 Å². The fraction of sp³-hybridized carbons (Fsp3) is 0.278. The molecule has 3 aromatic rings. The molecule has 2 aromatic heterocycles. The molecule has 3 rings (SSSR count). The van der Waals surface area contributed by atoms with Gasteiger partial charge in [0.15, 0.2) is 5.65 Å². The van der Waals surface area contributed by atoms with Gasteiger partial charge in [-0.05, 0) is 43.3 Å². The lowest BCUT2D eigenvalue weighted by Gasteiger charge is -2.07. The van der Waals surface area contributed by atoms with Crippen LogP contribution in [0.4, 0.5) is 24.8 Å². The second kappa shape index (κ2) is 8.26. The number of nitrogens with zero attached hydrogens (tertiary/aromatic N) is 3. The smallest absolute Gasteiger partial charge is 0.416 e. The molecule has 0 aliphatic rings. The fourth-order valence-electron chi connectivity index (χ4n) is 2.52. The zero-order chi connectivity index (χ0) is 20.1. The van der Waals surface area contributed by atoms with E-state index >= 15 is 0 Å². The quantitative estimate of drug-likeness (QED) is 0.601. The second-order valence-electron chi connectivity index (χ2n) is 5.83. The summed E-state index contributed by atoms with van der Waals surface area (Å²) in [6, 6.07) is 9.98. The highest BCUT2D eigenvalue weighted by atomic mass is 19.4. The summed E-state index contributed by atoms with van der Waals surface area (Å²) in [5.74, 6) is -0.101. The monoisotopic (exact) mass is 393 g/mol. The Labute approximate surface area is 158 Å². The number of esters is 1. The third-order valence-electron chi connectivity index (χ3n) is 3.79. The molecule has 0 amide bonds. The molecule has 0 fully saturated rings. The molecule has 0 spiro atoms. The summed E-state index contributed by atoms with van der Waals surface area (Å²) in [5.41, 5.74) is 1.03. The van der Waals surface area contributed by atoms with Crippen LogP contribution < -0.4 is 10.6 Å². The Morgan fingerprint density at radius 3 is 2.61 bits per heavy atom. The standard InChI is InChI=1S/C18H18F3N5O2/c1-2-28-16(27)11-22-10-14-4-3-5-15-24-17(25-26(14)15)23-13-8-6-12(7-9-13)18(19,20)21/h3-9,22H,2,10-11H2,1H3,(H,23,25). The molecule has 28 heavy (non-hydrogen) atoms. The number of ether oxygens (including phenoxy) is 1. The van der Waals surface area contributed by atoms with E-state index in [0.717, 1.165) is 17.8 Å². The zero-order valence-corrected chi connectivity index (χ0v) is 15.0. The summed E-state index contributed by atoms with van der Waals surface area (Å²) < 4.78 is 44.4. The highest BCUT2D eigenvalue weighted by Crippen LogP contribution is 2.30. The van der Waals surface area contributed by atoms with Gasteiger partial charge < -0.3 is 15.4 Å². The van der Waals surface area contributed by atoms with Crippen LogP contribution in [0.5, 0.6) is 0 Å². The highest BCUT2D eigenvalue weighted by Gasteiger charge is 2.29. The van der Waals surface area contributed by atoms with Crippen molar-refractivity contribution in [2.75, 3.05) is 18.5 Å². The van der Waals surface area contributed by atoms with Crippen LogP contribution in [0.15, 0.2) is 42.5 Å². The molecule has 0 aliphatic carbocycles. The summed E-state index contributed by atoms with van der Waals surface area (Å²) in [5, 5.41) is 10.2. The van der Waals surface area contributed by atoms with Crippen molar-refractivity contribution in [1.29, 1.82) is 0 Å². The van der Waals surface area contributed by atoms with Gasteiger partial charge in [0, 0.05) is 12.2 Å². The number of pyridine rings is 1. The van der Waals surface area contributed by atoms with E-state index < -0.39 is 11.7 Å². The molecular formula is C18H18F3N5O2. The first kappa shape index (κ1) is 19.6. The van der Waals surface area contributed by atoms with Crippen LogP contribution in [0.2, 0.25) is 0 Å². The minimum atomic E-state index is -4.38. The van der Waals surface area contributed by atoms with E-state index in [0.29, 0.717) is 24.5 Å². The van der Waals surface area contributed by atoms with Gasteiger partial charge in [-0.2, -0.15) is 18.2 Å². The Kier molecular flexibility index (Phi) is 5.78. The van der Waals surface area contributed by atoms with Gasteiger partial charge in [0.05, 0.1) is 24.4 Å². The molecule has 7 nitrogen and oxygen atoms in total. The van der Waals surface area contributed by atoms with E-state index in [1.165, 1.54) is 12.1 Å². The predicted molar refractivity (Wildman–Crippen MR) is 96.1 cm³/mol. The normalized spacial score (nSPS) is 11.6. The van der Waals surface area contributed by atoms with Crippen LogP contribution in [0.25, 0.3) is 5.65 Å². The van der Waals surface area contributed by atoms with Crippen molar-refractivity contribution < 1.29 is 22.7 Å². The Morgan fingerprint density at radius 1 is 1.18 bits per heavy atom. The number of halogens is 3. The third kappa shape index (κ3) is 4.77. The molecular weight excluding hydrogens is 375 g/mol. The first-order valence-corrected chi connectivity index (χ1v) is 8.52. The Morgan fingerprint density at radius 2 is 1.93 bits per heavy atom. The van der Waals surface area contributed by atoms with Crippen LogP contribution in [-0.2, 0) is 22.3 Å².